The van der Waals surface area contributed by atoms with E-state index in [4.69, 9.17) is 16.9 Å². The topological polar surface area (TPSA) is 35.8 Å². The SMILES string of the molecule is N#Cc1c(Cl)cccc1NC1(C(F)(F)F)CC1. The summed E-state index contributed by atoms with van der Waals surface area (Å²) >= 11 is 5.75. The molecule has 6 heteroatoms. The third kappa shape index (κ3) is 2.05. The van der Waals surface area contributed by atoms with E-state index in [9.17, 15) is 13.2 Å². The lowest BCUT2D eigenvalue weighted by Gasteiger charge is -2.22. The van der Waals surface area contributed by atoms with E-state index < -0.39 is 11.7 Å². The predicted octanol–water partition coefficient (Wildman–Crippen LogP) is 3.72. The summed E-state index contributed by atoms with van der Waals surface area (Å²) in [6.07, 6.45) is -4.27. The summed E-state index contributed by atoms with van der Waals surface area (Å²) < 4.78 is 38.2. The van der Waals surface area contributed by atoms with Gasteiger partial charge < -0.3 is 5.32 Å². The molecule has 1 N–H and O–H groups in total. The molecule has 0 unspecified atom stereocenters. The molecule has 0 heterocycles. The van der Waals surface area contributed by atoms with E-state index in [1.807, 2.05) is 0 Å². The van der Waals surface area contributed by atoms with Gasteiger partial charge in [-0.2, -0.15) is 18.4 Å². The lowest BCUT2D eigenvalue weighted by molar-refractivity contribution is -0.151. The minimum Gasteiger partial charge on any atom is -0.370 e. The van der Waals surface area contributed by atoms with Crippen molar-refractivity contribution >= 4 is 17.3 Å². The fourth-order valence-corrected chi connectivity index (χ4v) is 1.82. The van der Waals surface area contributed by atoms with Crippen molar-refractivity contribution in [1.29, 1.82) is 5.26 Å². The zero-order valence-electron chi connectivity index (χ0n) is 8.61. The Kier molecular flexibility index (Phi) is 2.70. The molecule has 0 amide bonds. The number of halogens is 4. The van der Waals surface area contributed by atoms with Crippen molar-refractivity contribution in [3.05, 3.63) is 28.8 Å². The zero-order chi connectivity index (χ0) is 12.7. The van der Waals surface area contributed by atoms with Crippen LogP contribution in [0.15, 0.2) is 18.2 Å². The molecule has 1 aliphatic carbocycles. The van der Waals surface area contributed by atoms with Crippen molar-refractivity contribution in [2.24, 2.45) is 0 Å². The molecule has 0 saturated heterocycles. The minimum absolute atomic E-state index is 0.0217. The number of nitriles is 1. The Morgan fingerprint density at radius 3 is 2.47 bits per heavy atom. The van der Waals surface area contributed by atoms with Gasteiger partial charge in [-0.3, -0.25) is 0 Å². The summed E-state index contributed by atoms with van der Waals surface area (Å²) in [5.41, 5.74) is -1.71. The van der Waals surface area contributed by atoms with Crippen LogP contribution in [0.3, 0.4) is 0 Å². The van der Waals surface area contributed by atoms with Crippen molar-refractivity contribution in [2.75, 3.05) is 5.32 Å². The third-order valence-corrected chi connectivity index (χ3v) is 3.11. The molecule has 90 valence electrons. The first-order valence-electron chi connectivity index (χ1n) is 4.93. The number of nitrogens with one attached hydrogen (secondary N) is 1. The van der Waals surface area contributed by atoms with Crippen molar-refractivity contribution in [3.63, 3.8) is 0 Å². The second-order valence-electron chi connectivity index (χ2n) is 3.98. The number of nitrogens with zero attached hydrogens (tertiary/aromatic N) is 1. The van der Waals surface area contributed by atoms with E-state index in [-0.39, 0.29) is 29.1 Å². The van der Waals surface area contributed by atoms with Crippen LogP contribution in [0.5, 0.6) is 0 Å². The highest BCUT2D eigenvalue weighted by atomic mass is 35.5. The summed E-state index contributed by atoms with van der Waals surface area (Å²) in [5, 5.41) is 11.4. The van der Waals surface area contributed by atoms with E-state index in [1.54, 1.807) is 6.07 Å². The molecule has 1 aromatic rings. The Labute approximate surface area is 101 Å². The van der Waals surface area contributed by atoms with Crippen molar-refractivity contribution in [3.8, 4) is 6.07 Å². The molecular weight excluding hydrogens is 253 g/mol. The van der Waals surface area contributed by atoms with Gasteiger partial charge in [0.05, 0.1) is 16.3 Å². The van der Waals surface area contributed by atoms with Crippen LogP contribution in [0.25, 0.3) is 0 Å². The summed E-state index contributed by atoms with van der Waals surface area (Å²) in [4.78, 5) is 0. The zero-order valence-corrected chi connectivity index (χ0v) is 9.36. The maximum Gasteiger partial charge on any atom is 0.411 e. The highest BCUT2D eigenvalue weighted by Crippen LogP contribution is 2.51. The van der Waals surface area contributed by atoms with Crippen molar-refractivity contribution in [1.82, 2.24) is 0 Å². The van der Waals surface area contributed by atoms with E-state index in [2.05, 4.69) is 5.32 Å². The predicted molar refractivity (Wildman–Crippen MR) is 57.8 cm³/mol. The molecule has 2 nitrogen and oxygen atoms in total. The number of alkyl halides is 3. The maximum absolute atomic E-state index is 12.7. The first-order chi connectivity index (χ1) is 7.89. The summed E-state index contributed by atoms with van der Waals surface area (Å²) in [6, 6.07) is 6.21. The van der Waals surface area contributed by atoms with Gasteiger partial charge in [0.25, 0.3) is 0 Å². The first kappa shape index (κ1) is 12.1. The highest BCUT2D eigenvalue weighted by Gasteiger charge is 2.63. The second-order valence-corrected chi connectivity index (χ2v) is 4.39. The molecule has 1 fully saturated rings. The van der Waals surface area contributed by atoms with Gasteiger partial charge in [0.15, 0.2) is 0 Å². The number of benzene rings is 1. The summed E-state index contributed by atoms with van der Waals surface area (Å²) in [7, 11) is 0. The van der Waals surface area contributed by atoms with Crippen LogP contribution in [-0.4, -0.2) is 11.7 Å². The Morgan fingerprint density at radius 2 is 2.00 bits per heavy atom. The Hall–Kier alpha value is -1.41. The van der Waals surface area contributed by atoms with Gasteiger partial charge in [-0.05, 0) is 25.0 Å². The van der Waals surface area contributed by atoms with Crippen molar-refractivity contribution < 1.29 is 13.2 Å². The fourth-order valence-electron chi connectivity index (χ4n) is 1.60. The minimum atomic E-state index is -4.32. The van der Waals surface area contributed by atoms with Gasteiger partial charge in [-0.1, -0.05) is 17.7 Å². The van der Waals surface area contributed by atoms with Crippen LogP contribution >= 0.6 is 11.6 Å². The summed E-state index contributed by atoms with van der Waals surface area (Å²) in [5.74, 6) is 0. The molecule has 0 aliphatic heterocycles. The summed E-state index contributed by atoms with van der Waals surface area (Å²) in [6.45, 7) is 0. The van der Waals surface area contributed by atoms with E-state index >= 15 is 0 Å². The first-order valence-corrected chi connectivity index (χ1v) is 5.31. The number of hydrogen-bond donors (Lipinski definition) is 1. The van der Waals surface area contributed by atoms with Crippen LogP contribution in [0.4, 0.5) is 18.9 Å². The Balaban J connectivity index is 2.33. The van der Waals surface area contributed by atoms with Crippen LogP contribution in [-0.2, 0) is 0 Å². The molecule has 0 aromatic heterocycles. The fraction of sp³-hybridized carbons (Fsp3) is 0.364. The molecule has 1 saturated carbocycles. The highest BCUT2D eigenvalue weighted by molar-refractivity contribution is 6.32. The average Bonchev–Trinajstić information content (AvgIpc) is 2.98. The second kappa shape index (κ2) is 3.81. The molecule has 0 bridgehead atoms. The Bertz CT molecular complexity index is 486. The lowest BCUT2D eigenvalue weighted by atomic mass is 10.1. The molecule has 0 spiro atoms. The molecule has 1 aromatic carbocycles. The third-order valence-electron chi connectivity index (χ3n) is 2.79. The molecule has 1 aliphatic rings. The maximum atomic E-state index is 12.7. The van der Waals surface area contributed by atoms with Gasteiger partial charge in [0, 0.05) is 0 Å². The molecule has 17 heavy (non-hydrogen) atoms. The average molecular weight is 261 g/mol. The van der Waals surface area contributed by atoms with E-state index in [0.717, 1.165) is 0 Å². The quantitative estimate of drug-likeness (QED) is 0.880. The largest absolute Gasteiger partial charge is 0.411 e. The van der Waals surface area contributed by atoms with E-state index in [1.165, 1.54) is 18.2 Å². The van der Waals surface area contributed by atoms with Gasteiger partial charge in [0.2, 0.25) is 0 Å². The standard InChI is InChI=1S/C11H8ClF3N2/c12-8-2-1-3-9(7(8)6-16)17-10(4-5-10)11(13,14)15/h1-3,17H,4-5H2. The molecular formula is C11H8ClF3N2. The van der Waals surface area contributed by atoms with Gasteiger partial charge in [-0.25, -0.2) is 0 Å². The lowest BCUT2D eigenvalue weighted by Crippen LogP contribution is -2.38. The number of hydrogen-bond acceptors (Lipinski definition) is 2. The molecule has 0 atom stereocenters. The Morgan fingerprint density at radius 1 is 1.35 bits per heavy atom. The molecule has 2 rings (SSSR count). The number of anilines is 1. The smallest absolute Gasteiger partial charge is 0.370 e. The normalized spacial score (nSPS) is 17.4. The van der Waals surface area contributed by atoms with Crippen LogP contribution < -0.4 is 5.32 Å². The van der Waals surface area contributed by atoms with Gasteiger partial charge >= 0.3 is 6.18 Å². The number of rotatable bonds is 2. The van der Waals surface area contributed by atoms with Gasteiger partial charge in [-0.15, -0.1) is 0 Å². The van der Waals surface area contributed by atoms with Gasteiger partial charge in [0.1, 0.15) is 11.6 Å². The van der Waals surface area contributed by atoms with Crippen molar-refractivity contribution in [2.45, 2.75) is 24.6 Å². The van der Waals surface area contributed by atoms with Crippen LogP contribution in [0.2, 0.25) is 5.02 Å². The van der Waals surface area contributed by atoms with Crippen LogP contribution in [0.1, 0.15) is 18.4 Å². The van der Waals surface area contributed by atoms with E-state index in [0.29, 0.717) is 0 Å². The molecule has 0 radical (unpaired) electrons. The van der Waals surface area contributed by atoms with Crippen LogP contribution in [0, 0.1) is 11.3 Å². The monoisotopic (exact) mass is 260 g/mol.